The fourth-order valence-electron chi connectivity index (χ4n) is 2.25. The van der Waals surface area contributed by atoms with Crippen molar-refractivity contribution < 1.29 is 5.11 Å². The summed E-state index contributed by atoms with van der Waals surface area (Å²) >= 11 is 0. The van der Waals surface area contributed by atoms with Gasteiger partial charge in [0.1, 0.15) is 0 Å². The molecule has 1 fully saturated rings. The van der Waals surface area contributed by atoms with Crippen LogP contribution >= 0.6 is 0 Å². The van der Waals surface area contributed by atoms with Crippen LogP contribution in [-0.2, 0) is 0 Å². The van der Waals surface area contributed by atoms with Crippen LogP contribution in [0.25, 0.3) is 0 Å². The first kappa shape index (κ1) is 10.0. The molecule has 1 aliphatic heterocycles. The molecule has 1 N–H and O–H groups in total. The van der Waals surface area contributed by atoms with Gasteiger partial charge in [-0.25, -0.2) is 0 Å². The summed E-state index contributed by atoms with van der Waals surface area (Å²) in [5.41, 5.74) is 0. The molecule has 0 aromatic carbocycles. The van der Waals surface area contributed by atoms with Gasteiger partial charge in [0.2, 0.25) is 0 Å². The Bertz CT molecular complexity index is 145. The Kier molecular flexibility index (Phi) is 3.13. The summed E-state index contributed by atoms with van der Waals surface area (Å²) in [6.07, 6.45) is 0.841. The molecule has 2 atom stereocenters. The lowest BCUT2D eigenvalue weighted by Gasteiger charge is -2.32. The van der Waals surface area contributed by atoms with Crippen molar-refractivity contribution in [2.45, 2.75) is 52.3 Å². The standard InChI is InChI=1S/C10H21NO/c1-7(2)10-9(12)5-6-11(10)8(3)4/h7-10,12H,5-6H2,1-4H3. The zero-order chi connectivity index (χ0) is 9.30. The SMILES string of the molecule is CC(C)C1C(O)CCN1C(C)C. The van der Waals surface area contributed by atoms with Crippen LogP contribution in [0.1, 0.15) is 34.1 Å². The summed E-state index contributed by atoms with van der Waals surface area (Å²) in [7, 11) is 0. The van der Waals surface area contributed by atoms with E-state index in [4.69, 9.17) is 0 Å². The van der Waals surface area contributed by atoms with Gasteiger partial charge in [-0.05, 0) is 26.2 Å². The van der Waals surface area contributed by atoms with Crippen molar-refractivity contribution in [2.75, 3.05) is 6.54 Å². The number of rotatable bonds is 2. The Morgan fingerprint density at radius 2 is 1.83 bits per heavy atom. The van der Waals surface area contributed by atoms with E-state index in [-0.39, 0.29) is 6.10 Å². The minimum absolute atomic E-state index is 0.104. The smallest absolute Gasteiger partial charge is 0.0710 e. The maximum Gasteiger partial charge on any atom is 0.0710 e. The van der Waals surface area contributed by atoms with Gasteiger partial charge in [-0.1, -0.05) is 13.8 Å². The van der Waals surface area contributed by atoms with E-state index in [0.29, 0.717) is 18.0 Å². The molecule has 1 rings (SSSR count). The van der Waals surface area contributed by atoms with Crippen LogP contribution in [0, 0.1) is 5.92 Å². The highest BCUT2D eigenvalue weighted by Crippen LogP contribution is 2.25. The summed E-state index contributed by atoms with van der Waals surface area (Å²) in [5, 5.41) is 9.74. The molecular formula is C10H21NO. The largest absolute Gasteiger partial charge is 0.391 e. The Hall–Kier alpha value is -0.0800. The predicted octanol–water partition coefficient (Wildman–Crippen LogP) is 1.49. The van der Waals surface area contributed by atoms with Gasteiger partial charge in [0.25, 0.3) is 0 Å². The molecule has 0 aromatic heterocycles. The number of aliphatic hydroxyl groups excluding tert-OH is 1. The zero-order valence-electron chi connectivity index (χ0n) is 8.62. The summed E-state index contributed by atoms with van der Waals surface area (Å²) in [6.45, 7) is 9.84. The quantitative estimate of drug-likeness (QED) is 0.680. The van der Waals surface area contributed by atoms with E-state index in [1.165, 1.54) is 0 Å². The first-order valence-corrected chi connectivity index (χ1v) is 4.98. The second-order valence-corrected chi connectivity index (χ2v) is 4.42. The maximum atomic E-state index is 9.74. The highest BCUT2D eigenvalue weighted by molar-refractivity contribution is 4.90. The molecule has 72 valence electrons. The van der Waals surface area contributed by atoms with Crippen molar-refractivity contribution in [1.29, 1.82) is 0 Å². The molecule has 0 spiro atoms. The lowest BCUT2D eigenvalue weighted by atomic mass is 9.99. The van der Waals surface area contributed by atoms with Crippen LogP contribution in [0.3, 0.4) is 0 Å². The van der Waals surface area contributed by atoms with Crippen molar-refractivity contribution >= 4 is 0 Å². The molecular weight excluding hydrogens is 150 g/mol. The van der Waals surface area contributed by atoms with E-state index < -0.39 is 0 Å². The van der Waals surface area contributed by atoms with E-state index in [1.54, 1.807) is 0 Å². The molecule has 1 aliphatic rings. The van der Waals surface area contributed by atoms with Crippen molar-refractivity contribution in [1.82, 2.24) is 4.90 Å². The topological polar surface area (TPSA) is 23.5 Å². The number of hydrogen-bond acceptors (Lipinski definition) is 2. The summed E-state index contributed by atoms with van der Waals surface area (Å²) in [5.74, 6) is 0.560. The number of aliphatic hydroxyl groups is 1. The monoisotopic (exact) mass is 171 g/mol. The van der Waals surface area contributed by atoms with Crippen molar-refractivity contribution in [3.05, 3.63) is 0 Å². The van der Waals surface area contributed by atoms with Crippen LogP contribution in [-0.4, -0.2) is 34.7 Å². The van der Waals surface area contributed by atoms with Crippen LogP contribution in [0.2, 0.25) is 0 Å². The van der Waals surface area contributed by atoms with E-state index in [9.17, 15) is 5.11 Å². The highest BCUT2D eigenvalue weighted by Gasteiger charge is 2.35. The number of likely N-dealkylation sites (tertiary alicyclic amines) is 1. The summed E-state index contributed by atoms with van der Waals surface area (Å²) < 4.78 is 0. The van der Waals surface area contributed by atoms with Crippen molar-refractivity contribution in [3.63, 3.8) is 0 Å². The molecule has 0 bridgehead atoms. The molecule has 0 amide bonds. The van der Waals surface area contributed by atoms with Crippen molar-refractivity contribution in [3.8, 4) is 0 Å². The Labute approximate surface area is 75.6 Å². The Morgan fingerprint density at radius 1 is 1.25 bits per heavy atom. The first-order valence-electron chi connectivity index (χ1n) is 4.98. The molecule has 12 heavy (non-hydrogen) atoms. The number of hydrogen-bond donors (Lipinski definition) is 1. The second kappa shape index (κ2) is 3.75. The maximum absolute atomic E-state index is 9.74. The molecule has 2 unspecified atom stereocenters. The molecule has 2 nitrogen and oxygen atoms in total. The van der Waals surface area contributed by atoms with Gasteiger partial charge in [0.05, 0.1) is 6.10 Å². The predicted molar refractivity (Wildman–Crippen MR) is 51.1 cm³/mol. The lowest BCUT2D eigenvalue weighted by Crippen LogP contribution is -2.43. The van der Waals surface area contributed by atoms with Crippen LogP contribution < -0.4 is 0 Å². The van der Waals surface area contributed by atoms with E-state index in [2.05, 4.69) is 32.6 Å². The van der Waals surface area contributed by atoms with Crippen LogP contribution in [0.15, 0.2) is 0 Å². The van der Waals surface area contributed by atoms with Gasteiger partial charge in [-0.2, -0.15) is 0 Å². The van der Waals surface area contributed by atoms with Crippen LogP contribution in [0.4, 0.5) is 0 Å². The normalized spacial score (nSPS) is 32.2. The highest BCUT2D eigenvalue weighted by atomic mass is 16.3. The molecule has 0 aromatic rings. The molecule has 2 heteroatoms. The van der Waals surface area contributed by atoms with Gasteiger partial charge < -0.3 is 5.11 Å². The van der Waals surface area contributed by atoms with Gasteiger partial charge in [-0.15, -0.1) is 0 Å². The van der Waals surface area contributed by atoms with Gasteiger partial charge in [0, 0.05) is 18.6 Å². The van der Waals surface area contributed by atoms with Gasteiger partial charge in [0.15, 0.2) is 0 Å². The third-order valence-corrected chi connectivity index (χ3v) is 2.81. The van der Waals surface area contributed by atoms with Crippen LogP contribution in [0.5, 0.6) is 0 Å². The average molecular weight is 171 g/mol. The van der Waals surface area contributed by atoms with Crippen molar-refractivity contribution in [2.24, 2.45) is 5.92 Å². The fraction of sp³-hybridized carbons (Fsp3) is 1.00. The van der Waals surface area contributed by atoms with E-state index in [1.807, 2.05) is 0 Å². The molecule has 0 radical (unpaired) electrons. The molecule has 1 saturated heterocycles. The molecule has 1 heterocycles. The average Bonchev–Trinajstić information content (AvgIpc) is 2.30. The molecule has 0 saturated carbocycles. The van der Waals surface area contributed by atoms with E-state index in [0.717, 1.165) is 13.0 Å². The Balaban J connectivity index is 2.64. The minimum atomic E-state index is -0.104. The minimum Gasteiger partial charge on any atom is -0.391 e. The lowest BCUT2D eigenvalue weighted by molar-refractivity contribution is 0.0719. The zero-order valence-corrected chi connectivity index (χ0v) is 8.62. The van der Waals surface area contributed by atoms with Gasteiger partial charge >= 0.3 is 0 Å². The fourth-order valence-corrected chi connectivity index (χ4v) is 2.25. The summed E-state index contributed by atoms with van der Waals surface area (Å²) in [6, 6.07) is 0.944. The van der Waals surface area contributed by atoms with Gasteiger partial charge in [-0.3, -0.25) is 4.90 Å². The molecule has 0 aliphatic carbocycles. The third-order valence-electron chi connectivity index (χ3n) is 2.81. The number of nitrogens with zero attached hydrogens (tertiary/aromatic N) is 1. The van der Waals surface area contributed by atoms with E-state index >= 15 is 0 Å². The Morgan fingerprint density at radius 3 is 2.17 bits per heavy atom. The second-order valence-electron chi connectivity index (χ2n) is 4.42. The third kappa shape index (κ3) is 1.80. The first-order chi connectivity index (χ1) is 5.54. The summed E-state index contributed by atoms with van der Waals surface area (Å²) in [4.78, 5) is 2.41.